The predicted molar refractivity (Wildman–Crippen MR) is 117 cm³/mol. The van der Waals surface area contributed by atoms with Crippen molar-refractivity contribution in [2.45, 2.75) is 32.9 Å². The van der Waals surface area contributed by atoms with Crippen LogP contribution in [-0.4, -0.2) is 5.91 Å². The maximum atomic E-state index is 12.5. The molecule has 0 aliphatic rings. The topological polar surface area (TPSA) is 41.1 Å². The van der Waals surface area contributed by atoms with Crippen LogP contribution >= 0.6 is 11.6 Å². The third-order valence-electron chi connectivity index (χ3n) is 4.74. The van der Waals surface area contributed by atoms with Gasteiger partial charge in [-0.1, -0.05) is 72.6 Å². The van der Waals surface area contributed by atoms with E-state index in [0.717, 1.165) is 24.2 Å². The molecule has 28 heavy (non-hydrogen) atoms. The summed E-state index contributed by atoms with van der Waals surface area (Å²) in [6.45, 7) is 5.00. The lowest BCUT2D eigenvalue weighted by atomic mass is 10.0. The molecule has 4 heteroatoms. The van der Waals surface area contributed by atoms with E-state index in [0.29, 0.717) is 16.6 Å². The third-order valence-corrected chi connectivity index (χ3v) is 5.07. The minimum Gasteiger partial charge on any atom is -0.322 e. The number of benzene rings is 3. The van der Waals surface area contributed by atoms with Crippen molar-refractivity contribution in [1.29, 1.82) is 0 Å². The van der Waals surface area contributed by atoms with Crippen molar-refractivity contribution in [3.63, 3.8) is 0 Å². The molecular formula is C24H25ClN2O. The van der Waals surface area contributed by atoms with Crippen LogP contribution in [0.2, 0.25) is 5.02 Å². The van der Waals surface area contributed by atoms with Crippen LogP contribution in [0.4, 0.5) is 5.69 Å². The Morgan fingerprint density at radius 1 is 1.00 bits per heavy atom. The summed E-state index contributed by atoms with van der Waals surface area (Å²) in [5.41, 5.74) is 4.89. The molecule has 144 valence electrons. The minimum atomic E-state index is -0.207. The van der Waals surface area contributed by atoms with Crippen molar-refractivity contribution < 1.29 is 4.79 Å². The van der Waals surface area contributed by atoms with Crippen molar-refractivity contribution in [3.05, 3.63) is 100 Å². The summed E-state index contributed by atoms with van der Waals surface area (Å²) >= 11 is 6.11. The van der Waals surface area contributed by atoms with Gasteiger partial charge in [0.05, 0.1) is 10.6 Å². The average Bonchev–Trinajstić information content (AvgIpc) is 2.70. The largest absolute Gasteiger partial charge is 0.322 e. The van der Waals surface area contributed by atoms with E-state index in [2.05, 4.69) is 54.8 Å². The first-order chi connectivity index (χ1) is 13.6. The van der Waals surface area contributed by atoms with Crippen LogP contribution in [0.5, 0.6) is 0 Å². The van der Waals surface area contributed by atoms with Gasteiger partial charge in [0.25, 0.3) is 5.91 Å². The fraction of sp³-hybridized carbons (Fsp3) is 0.208. The first kappa shape index (κ1) is 20.1. The van der Waals surface area contributed by atoms with E-state index >= 15 is 0 Å². The van der Waals surface area contributed by atoms with Gasteiger partial charge in [-0.2, -0.15) is 0 Å². The number of aryl methyl sites for hydroxylation is 1. The van der Waals surface area contributed by atoms with Gasteiger partial charge in [0, 0.05) is 18.3 Å². The molecule has 3 aromatic carbocycles. The van der Waals surface area contributed by atoms with Crippen LogP contribution in [0.1, 0.15) is 46.4 Å². The lowest BCUT2D eigenvalue weighted by Crippen LogP contribution is -2.20. The second-order valence-corrected chi connectivity index (χ2v) is 7.29. The number of carbonyl (C=O) groups excluding carboxylic acids is 1. The Morgan fingerprint density at radius 2 is 1.75 bits per heavy atom. The van der Waals surface area contributed by atoms with Crippen LogP contribution in [-0.2, 0) is 6.54 Å². The molecule has 0 aliphatic heterocycles. The maximum Gasteiger partial charge on any atom is 0.257 e. The van der Waals surface area contributed by atoms with E-state index in [1.165, 1.54) is 11.1 Å². The van der Waals surface area contributed by atoms with Gasteiger partial charge in [-0.15, -0.1) is 0 Å². The summed E-state index contributed by atoms with van der Waals surface area (Å²) in [4.78, 5) is 12.5. The molecule has 3 rings (SSSR count). The SMILES string of the molecule is CC[C@@H](NCc1cccc(NC(=O)c2ccccc2Cl)c1)c1ccc(C)cc1. The average molecular weight is 393 g/mol. The fourth-order valence-electron chi connectivity index (χ4n) is 3.14. The highest BCUT2D eigenvalue weighted by Gasteiger charge is 2.11. The number of anilines is 1. The first-order valence-corrected chi connectivity index (χ1v) is 9.89. The summed E-state index contributed by atoms with van der Waals surface area (Å²) in [5.74, 6) is -0.207. The van der Waals surface area contributed by atoms with Gasteiger partial charge in [0.15, 0.2) is 0 Å². The Balaban J connectivity index is 1.65. The zero-order valence-corrected chi connectivity index (χ0v) is 17.0. The summed E-state index contributed by atoms with van der Waals surface area (Å²) < 4.78 is 0. The van der Waals surface area contributed by atoms with E-state index in [1.807, 2.05) is 24.3 Å². The van der Waals surface area contributed by atoms with Crippen LogP contribution in [0.25, 0.3) is 0 Å². The molecule has 0 radical (unpaired) electrons. The normalized spacial score (nSPS) is 11.8. The van der Waals surface area contributed by atoms with E-state index < -0.39 is 0 Å². The number of amides is 1. The van der Waals surface area contributed by atoms with Gasteiger partial charge >= 0.3 is 0 Å². The van der Waals surface area contributed by atoms with Crippen LogP contribution < -0.4 is 10.6 Å². The highest BCUT2D eigenvalue weighted by Crippen LogP contribution is 2.20. The Kier molecular flexibility index (Phi) is 6.85. The van der Waals surface area contributed by atoms with Crippen molar-refractivity contribution in [1.82, 2.24) is 5.32 Å². The zero-order chi connectivity index (χ0) is 19.9. The monoisotopic (exact) mass is 392 g/mol. The van der Waals surface area contributed by atoms with Gasteiger partial charge < -0.3 is 10.6 Å². The molecule has 0 fully saturated rings. The molecule has 0 saturated carbocycles. The molecule has 0 spiro atoms. The van der Waals surface area contributed by atoms with E-state index in [9.17, 15) is 4.79 Å². The molecule has 3 aromatic rings. The standard InChI is InChI=1S/C24H25ClN2O/c1-3-23(19-13-11-17(2)12-14-19)26-16-18-7-6-8-20(15-18)27-24(28)21-9-4-5-10-22(21)25/h4-15,23,26H,3,16H2,1-2H3,(H,27,28)/t23-/m1/s1. The zero-order valence-electron chi connectivity index (χ0n) is 16.2. The highest BCUT2D eigenvalue weighted by molar-refractivity contribution is 6.34. The number of carbonyl (C=O) groups is 1. The summed E-state index contributed by atoms with van der Waals surface area (Å²) in [6.07, 6.45) is 1.01. The lowest BCUT2D eigenvalue weighted by molar-refractivity contribution is 0.102. The van der Waals surface area contributed by atoms with Gasteiger partial charge in [0.2, 0.25) is 0 Å². The number of hydrogen-bond donors (Lipinski definition) is 2. The van der Waals surface area contributed by atoms with E-state index in [1.54, 1.807) is 18.2 Å². The second-order valence-electron chi connectivity index (χ2n) is 6.89. The van der Waals surface area contributed by atoms with Crippen molar-refractivity contribution in [3.8, 4) is 0 Å². The van der Waals surface area contributed by atoms with Gasteiger partial charge in [0.1, 0.15) is 0 Å². The van der Waals surface area contributed by atoms with Crippen LogP contribution in [0.3, 0.4) is 0 Å². The molecule has 3 nitrogen and oxygen atoms in total. The van der Waals surface area contributed by atoms with Crippen molar-refractivity contribution in [2.24, 2.45) is 0 Å². The van der Waals surface area contributed by atoms with Gasteiger partial charge in [-0.3, -0.25) is 4.79 Å². The molecule has 1 atom stereocenters. The quantitative estimate of drug-likeness (QED) is 0.506. The highest BCUT2D eigenvalue weighted by atomic mass is 35.5. The summed E-state index contributed by atoms with van der Waals surface area (Å²) in [5, 5.41) is 6.98. The Bertz CT molecular complexity index is 937. The van der Waals surface area contributed by atoms with E-state index in [4.69, 9.17) is 11.6 Å². The summed E-state index contributed by atoms with van der Waals surface area (Å²) in [6, 6.07) is 23.9. The smallest absolute Gasteiger partial charge is 0.257 e. The predicted octanol–water partition coefficient (Wildman–Crippen LogP) is 6.14. The number of halogens is 1. The number of rotatable bonds is 7. The van der Waals surface area contributed by atoms with E-state index in [-0.39, 0.29) is 5.91 Å². The number of nitrogens with one attached hydrogen (secondary N) is 2. The molecule has 1 amide bonds. The van der Waals surface area contributed by atoms with Gasteiger partial charge in [-0.25, -0.2) is 0 Å². The molecule has 0 aromatic heterocycles. The summed E-state index contributed by atoms with van der Waals surface area (Å²) in [7, 11) is 0. The first-order valence-electron chi connectivity index (χ1n) is 9.51. The Hall–Kier alpha value is -2.62. The maximum absolute atomic E-state index is 12.5. The lowest BCUT2D eigenvalue weighted by Gasteiger charge is -2.18. The number of hydrogen-bond acceptors (Lipinski definition) is 2. The fourth-order valence-corrected chi connectivity index (χ4v) is 3.36. The van der Waals surface area contributed by atoms with Crippen LogP contribution in [0, 0.1) is 6.92 Å². The molecule has 2 N–H and O–H groups in total. The van der Waals surface area contributed by atoms with Gasteiger partial charge in [-0.05, 0) is 48.7 Å². The van der Waals surface area contributed by atoms with Crippen molar-refractivity contribution in [2.75, 3.05) is 5.32 Å². The molecule has 0 heterocycles. The van der Waals surface area contributed by atoms with Crippen LogP contribution in [0.15, 0.2) is 72.8 Å². The molecule has 0 unspecified atom stereocenters. The second kappa shape index (κ2) is 9.54. The molecule has 0 aliphatic carbocycles. The Morgan fingerprint density at radius 3 is 2.46 bits per heavy atom. The molecule has 0 bridgehead atoms. The van der Waals surface area contributed by atoms with Crippen molar-refractivity contribution >= 4 is 23.2 Å². The molecule has 0 saturated heterocycles. The minimum absolute atomic E-state index is 0.207. The molecular weight excluding hydrogens is 368 g/mol. The third kappa shape index (κ3) is 5.22. The Labute approximate surface area is 171 Å².